The van der Waals surface area contributed by atoms with E-state index in [1.807, 2.05) is 24.3 Å². The van der Waals surface area contributed by atoms with Crippen LogP contribution in [0.15, 0.2) is 47.2 Å². The second-order valence-electron chi connectivity index (χ2n) is 5.90. The Balaban J connectivity index is 1.86. The van der Waals surface area contributed by atoms with Gasteiger partial charge in [0.15, 0.2) is 11.5 Å². The molecule has 0 atom stereocenters. The summed E-state index contributed by atoms with van der Waals surface area (Å²) in [6.07, 6.45) is -1.23. The zero-order chi connectivity index (χ0) is 20.1. The molecule has 3 aromatic rings. The molecule has 0 bridgehead atoms. The minimum Gasteiger partial charge on any atom is -0.385 e. The maximum Gasteiger partial charge on any atom is 0.437 e. The Kier molecular flexibility index (Phi) is 6.30. The van der Waals surface area contributed by atoms with E-state index in [4.69, 9.17) is 4.74 Å². The summed E-state index contributed by atoms with van der Waals surface area (Å²) >= 11 is 3.35. The van der Waals surface area contributed by atoms with E-state index in [1.165, 1.54) is 30.3 Å². The van der Waals surface area contributed by atoms with E-state index in [0.29, 0.717) is 25.4 Å². The number of aryl methyl sites for hydroxylation is 1. The molecular weight excluding hydrogens is 439 g/mol. The smallest absolute Gasteiger partial charge is 0.385 e. The monoisotopic (exact) mass is 455 g/mol. The van der Waals surface area contributed by atoms with Gasteiger partial charge < -0.3 is 10.1 Å². The number of ether oxygens (including phenoxy) is 1. The van der Waals surface area contributed by atoms with Crippen molar-refractivity contribution in [3.63, 3.8) is 0 Å². The first-order valence-corrected chi connectivity index (χ1v) is 9.15. The highest BCUT2D eigenvalue weighted by Crippen LogP contribution is 2.35. The van der Waals surface area contributed by atoms with Gasteiger partial charge in [-0.1, -0.05) is 28.1 Å². The van der Waals surface area contributed by atoms with Crippen LogP contribution in [-0.2, 0) is 17.5 Å². The van der Waals surface area contributed by atoms with Gasteiger partial charge in [0.2, 0.25) is 0 Å². The van der Waals surface area contributed by atoms with Crippen molar-refractivity contribution in [2.24, 2.45) is 0 Å². The largest absolute Gasteiger partial charge is 0.437 e. The van der Waals surface area contributed by atoms with Gasteiger partial charge in [-0.05, 0) is 24.6 Å². The van der Waals surface area contributed by atoms with Gasteiger partial charge >= 0.3 is 6.18 Å². The number of methoxy groups -OCH3 is 1. The molecule has 0 aliphatic rings. The molecule has 1 aromatic carbocycles. The van der Waals surface area contributed by atoms with Crippen LogP contribution in [0, 0.1) is 0 Å². The van der Waals surface area contributed by atoms with Gasteiger partial charge in [0.25, 0.3) is 0 Å². The molecule has 148 valence electrons. The summed E-state index contributed by atoms with van der Waals surface area (Å²) in [5.41, 5.74) is -0.405. The number of alkyl halides is 3. The van der Waals surface area contributed by atoms with Gasteiger partial charge in [0.1, 0.15) is 5.82 Å². The Morgan fingerprint density at radius 2 is 1.93 bits per heavy atom. The van der Waals surface area contributed by atoms with E-state index < -0.39 is 11.9 Å². The van der Waals surface area contributed by atoms with Crippen LogP contribution in [0.2, 0.25) is 0 Å². The number of halogens is 4. The second kappa shape index (κ2) is 8.70. The summed E-state index contributed by atoms with van der Waals surface area (Å²) < 4.78 is 47.2. The first-order chi connectivity index (χ1) is 13.4. The lowest BCUT2D eigenvalue weighted by atomic mass is 10.2. The highest BCUT2D eigenvalue weighted by Gasteiger charge is 2.37. The third-order valence-electron chi connectivity index (χ3n) is 3.79. The SMILES string of the molecule is COCCCn1cc(Nc2ccnc(-c3ccc(Br)cc3)n2)c(C(F)(F)F)n1. The third-order valence-corrected chi connectivity index (χ3v) is 4.32. The van der Waals surface area contributed by atoms with Crippen molar-refractivity contribution in [1.29, 1.82) is 0 Å². The van der Waals surface area contributed by atoms with E-state index in [1.54, 1.807) is 0 Å². The fourth-order valence-corrected chi connectivity index (χ4v) is 2.78. The summed E-state index contributed by atoms with van der Waals surface area (Å²) in [4.78, 5) is 8.50. The molecule has 0 unspecified atom stereocenters. The molecule has 2 heterocycles. The molecule has 3 rings (SSSR count). The highest BCUT2D eigenvalue weighted by molar-refractivity contribution is 9.10. The quantitative estimate of drug-likeness (QED) is 0.513. The summed E-state index contributed by atoms with van der Waals surface area (Å²) in [7, 11) is 1.54. The van der Waals surface area contributed by atoms with Gasteiger partial charge in [-0.25, -0.2) is 9.97 Å². The van der Waals surface area contributed by atoms with Crippen LogP contribution in [0.4, 0.5) is 24.7 Å². The van der Waals surface area contributed by atoms with E-state index >= 15 is 0 Å². The van der Waals surface area contributed by atoms with Crippen LogP contribution >= 0.6 is 15.9 Å². The maximum absolute atomic E-state index is 13.4. The van der Waals surface area contributed by atoms with Crippen LogP contribution in [0.3, 0.4) is 0 Å². The van der Waals surface area contributed by atoms with Crippen LogP contribution in [0.1, 0.15) is 12.1 Å². The average molecular weight is 456 g/mol. The van der Waals surface area contributed by atoms with Crippen LogP contribution < -0.4 is 5.32 Å². The summed E-state index contributed by atoms with van der Waals surface area (Å²) in [6.45, 7) is 0.749. The molecule has 28 heavy (non-hydrogen) atoms. The van der Waals surface area contributed by atoms with Crippen LogP contribution in [0.5, 0.6) is 0 Å². The Morgan fingerprint density at radius 1 is 1.18 bits per heavy atom. The van der Waals surface area contributed by atoms with Crippen molar-refractivity contribution in [3.8, 4) is 11.4 Å². The molecule has 0 aliphatic heterocycles. The van der Waals surface area contributed by atoms with Gasteiger partial charge in [0, 0.05) is 42.7 Å². The summed E-state index contributed by atoms with van der Waals surface area (Å²) in [6, 6.07) is 8.82. The number of hydrogen-bond acceptors (Lipinski definition) is 5. The molecule has 0 amide bonds. The number of benzene rings is 1. The molecule has 0 saturated heterocycles. The van der Waals surface area contributed by atoms with Gasteiger partial charge in [0.05, 0.1) is 5.69 Å². The minimum atomic E-state index is -4.59. The fraction of sp³-hybridized carbons (Fsp3) is 0.278. The average Bonchev–Trinajstić information content (AvgIpc) is 3.06. The van der Waals surface area contributed by atoms with Crippen molar-refractivity contribution in [2.75, 3.05) is 19.0 Å². The normalized spacial score (nSPS) is 11.6. The van der Waals surface area contributed by atoms with Crippen molar-refractivity contribution >= 4 is 27.4 Å². The van der Waals surface area contributed by atoms with Gasteiger partial charge in [-0.2, -0.15) is 18.3 Å². The zero-order valence-electron chi connectivity index (χ0n) is 14.9. The number of aromatic nitrogens is 4. The molecule has 0 aliphatic carbocycles. The van der Waals surface area contributed by atoms with Crippen LogP contribution in [0.25, 0.3) is 11.4 Å². The number of hydrogen-bond donors (Lipinski definition) is 1. The number of nitrogens with zero attached hydrogens (tertiary/aromatic N) is 4. The fourth-order valence-electron chi connectivity index (χ4n) is 2.51. The van der Waals surface area contributed by atoms with Gasteiger partial charge in [-0.3, -0.25) is 4.68 Å². The number of anilines is 2. The Morgan fingerprint density at radius 3 is 2.61 bits per heavy atom. The van der Waals surface area contributed by atoms with Crippen LogP contribution in [-0.4, -0.2) is 33.5 Å². The highest BCUT2D eigenvalue weighted by atomic mass is 79.9. The topological polar surface area (TPSA) is 64.9 Å². The molecule has 6 nitrogen and oxygen atoms in total. The maximum atomic E-state index is 13.4. The molecule has 1 N–H and O–H groups in total. The molecule has 2 aromatic heterocycles. The molecule has 0 spiro atoms. The standard InChI is InChI=1S/C18H17BrF3N5O/c1-28-10-2-9-27-11-14(16(26-27)18(20,21)22)24-15-7-8-23-17(25-15)12-3-5-13(19)6-4-12/h3-8,11H,2,9-10H2,1H3,(H,23,24,25). The predicted molar refractivity (Wildman–Crippen MR) is 102 cm³/mol. The Hall–Kier alpha value is -2.46. The summed E-state index contributed by atoms with van der Waals surface area (Å²) in [5, 5.41) is 6.38. The second-order valence-corrected chi connectivity index (χ2v) is 6.81. The molecule has 10 heteroatoms. The Bertz CT molecular complexity index is 928. The molecule has 0 fully saturated rings. The summed E-state index contributed by atoms with van der Waals surface area (Å²) in [5.74, 6) is 0.647. The van der Waals surface area contributed by atoms with Crippen molar-refractivity contribution in [1.82, 2.24) is 19.7 Å². The van der Waals surface area contributed by atoms with E-state index in [2.05, 4.69) is 36.3 Å². The minimum absolute atomic E-state index is 0.162. The van der Waals surface area contributed by atoms with Gasteiger partial charge in [-0.15, -0.1) is 0 Å². The first-order valence-electron chi connectivity index (χ1n) is 8.36. The third kappa shape index (κ3) is 5.08. The lowest BCUT2D eigenvalue weighted by Gasteiger charge is -2.09. The lowest BCUT2D eigenvalue weighted by molar-refractivity contribution is -0.140. The van der Waals surface area contributed by atoms with Crippen molar-refractivity contribution in [2.45, 2.75) is 19.1 Å². The van der Waals surface area contributed by atoms with E-state index in [-0.39, 0.29) is 11.5 Å². The molecule has 0 saturated carbocycles. The van der Waals surface area contributed by atoms with E-state index in [0.717, 1.165) is 10.0 Å². The van der Waals surface area contributed by atoms with E-state index in [9.17, 15) is 13.2 Å². The van der Waals surface area contributed by atoms with Crippen molar-refractivity contribution < 1.29 is 17.9 Å². The first kappa shape index (κ1) is 20.3. The Labute approximate surface area is 167 Å². The number of rotatable bonds is 7. The molecule has 0 radical (unpaired) electrons. The number of nitrogens with one attached hydrogen (secondary N) is 1. The zero-order valence-corrected chi connectivity index (χ0v) is 16.5. The predicted octanol–water partition coefficient (Wildman–Crippen LogP) is 4.90. The lowest BCUT2D eigenvalue weighted by Crippen LogP contribution is -2.10. The molecular formula is C18H17BrF3N5O. The van der Waals surface area contributed by atoms with Crippen molar-refractivity contribution in [3.05, 3.63) is 52.9 Å².